The molecule has 0 radical (unpaired) electrons. The zero-order valence-electron chi connectivity index (χ0n) is 7.36. The first kappa shape index (κ1) is 9.67. The van der Waals surface area contributed by atoms with Crippen LogP contribution in [0.3, 0.4) is 0 Å². The van der Waals surface area contributed by atoms with Crippen LogP contribution in [0.5, 0.6) is 0 Å². The molecule has 0 unspecified atom stereocenters. The third kappa shape index (κ3) is 1.67. The largest absolute Gasteiger partial charge is 0.481 e. The average Bonchev–Trinajstić information content (AvgIpc) is 2.44. The number of carbonyl (C=O) groups is 1. The van der Waals surface area contributed by atoms with E-state index in [4.69, 9.17) is 9.84 Å². The number of hydrogen-bond acceptors (Lipinski definition) is 3. The Kier molecular flexibility index (Phi) is 2.56. The van der Waals surface area contributed by atoms with Crippen molar-refractivity contribution in [3.63, 3.8) is 0 Å². The highest BCUT2D eigenvalue weighted by Crippen LogP contribution is 2.21. The highest BCUT2D eigenvalue weighted by molar-refractivity contribution is 9.10. The standard InChI is InChI=1S/C8H9BrN2O3/c9-8-10-5(3-7(12)13)6-4-14-2-1-11(6)8/h1-4H2,(H,12,13). The summed E-state index contributed by atoms with van der Waals surface area (Å²) in [5.74, 6) is -0.871. The molecule has 2 rings (SSSR count). The molecule has 1 N–H and O–H groups in total. The number of imidazole rings is 1. The maximum atomic E-state index is 10.6. The van der Waals surface area contributed by atoms with E-state index < -0.39 is 5.97 Å². The quantitative estimate of drug-likeness (QED) is 0.855. The molecule has 0 atom stereocenters. The molecule has 0 saturated heterocycles. The fourth-order valence-electron chi connectivity index (χ4n) is 1.50. The Hall–Kier alpha value is -0.880. The second kappa shape index (κ2) is 3.70. The van der Waals surface area contributed by atoms with Crippen LogP contribution in [0.1, 0.15) is 11.4 Å². The van der Waals surface area contributed by atoms with Crippen molar-refractivity contribution in [3.05, 3.63) is 16.1 Å². The van der Waals surface area contributed by atoms with Gasteiger partial charge in [0.25, 0.3) is 0 Å². The van der Waals surface area contributed by atoms with Crippen LogP contribution in [-0.4, -0.2) is 27.2 Å². The van der Waals surface area contributed by atoms with E-state index in [0.717, 1.165) is 12.2 Å². The zero-order valence-corrected chi connectivity index (χ0v) is 8.95. The lowest BCUT2D eigenvalue weighted by Gasteiger charge is -2.16. The molecule has 5 nitrogen and oxygen atoms in total. The maximum absolute atomic E-state index is 10.6. The lowest BCUT2D eigenvalue weighted by atomic mass is 10.2. The minimum atomic E-state index is -0.871. The van der Waals surface area contributed by atoms with Gasteiger partial charge >= 0.3 is 5.97 Å². The van der Waals surface area contributed by atoms with Crippen molar-refractivity contribution in [2.75, 3.05) is 6.61 Å². The molecule has 1 aromatic rings. The van der Waals surface area contributed by atoms with E-state index >= 15 is 0 Å². The summed E-state index contributed by atoms with van der Waals surface area (Å²) in [6.07, 6.45) is -0.0513. The first-order valence-corrected chi connectivity index (χ1v) is 5.01. The molecule has 76 valence electrons. The van der Waals surface area contributed by atoms with Gasteiger partial charge in [0.15, 0.2) is 4.73 Å². The lowest BCUT2D eigenvalue weighted by molar-refractivity contribution is -0.136. The third-order valence-electron chi connectivity index (χ3n) is 2.13. The van der Waals surface area contributed by atoms with Crippen molar-refractivity contribution in [1.29, 1.82) is 0 Å². The number of aromatic nitrogens is 2. The summed E-state index contributed by atoms with van der Waals surface area (Å²) in [5.41, 5.74) is 1.45. The predicted molar refractivity (Wildman–Crippen MR) is 50.9 cm³/mol. The summed E-state index contributed by atoms with van der Waals surface area (Å²) < 4.78 is 7.89. The molecule has 6 heteroatoms. The maximum Gasteiger partial charge on any atom is 0.309 e. The van der Waals surface area contributed by atoms with Crippen molar-refractivity contribution in [1.82, 2.24) is 9.55 Å². The number of fused-ring (bicyclic) bond motifs is 1. The van der Waals surface area contributed by atoms with Gasteiger partial charge in [-0.15, -0.1) is 0 Å². The van der Waals surface area contributed by atoms with Crippen LogP contribution >= 0.6 is 15.9 Å². The van der Waals surface area contributed by atoms with Gasteiger partial charge < -0.3 is 14.4 Å². The van der Waals surface area contributed by atoms with Gasteiger partial charge in [0.1, 0.15) is 0 Å². The van der Waals surface area contributed by atoms with Gasteiger partial charge in [0, 0.05) is 6.54 Å². The number of rotatable bonds is 2. The van der Waals surface area contributed by atoms with Crippen LogP contribution < -0.4 is 0 Å². The SMILES string of the molecule is O=C(O)Cc1nc(Br)n2c1COCC2. The van der Waals surface area contributed by atoms with E-state index in [1.165, 1.54) is 0 Å². The van der Waals surface area contributed by atoms with Gasteiger partial charge in [-0.05, 0) is 15.9 Å². The van der Waals surface area contributed by atoms with Gasteiger partial charge in [-0.1, -0.05) is 0 Å². The molecular weight excluding hydrogens is 252 g/mol. The molecule has 14 heavy (non-hydrogen) atoms. The molecule has 0 bridgehead atoms. The molecule has 1 aliphatic heterocycles. The van der Waals surface area contributed by atoms with Crippen LogP contribution in [0.15, 0.2) is 4.73 Å². The highest BCUT2D eigenvalue weighted by atomic mass is 79.9. The molecule has 0 saturated carbocycles. The Labute approximate surface area is 88.8 Å². The van der Waals surface area contributed by atoms with Crippen molar-refractivity contribution >= 4 is 21.9 Å². The number of ether oxygens (including phenoxy) is 1. The Morgan fingerprint density at radius 3 is 3.21 bits per heavy atom. The lowest BCUT2D eigenvalue weighted by Crippen LogP contribution is -2.17. The van der Waals surface area contributed by atoms with Crippen LogP contribution in [0.25, 0.3) is 0 Å². The fraction of sp³-hybridized carbons (Fsp3) is 0.500. The molecule has 0 spiro atoms. The smallest absolute Gasteiger partial charge is 0.309 e. The van der Waals surface area contributed by atoms with E-state index in [1.807, 2.05) is 4.57 Å². The van der Waals surface area contributed by atoms with Crippen molar-refractivity contribution < 1.29 is 14.6 Å². The summed E-state index contributed by atoms with van der Waals surface area (Å²) in [7, 11) is 0. The highest BCUT2D eigenvalue weighted by Gasteiger charge is 2.20. The number of hydrogen-bond donors (Lipinski definition) is 1. The normalized spacial score (nSPS) is 15.2. The van der Waals surface area contributed by atoms with Gasteiger partial charge in [0.2, 0.25) is 0 Å². The second-order valence-electron chi connectivity index (χ2n) is 3.05. The van der Waals surface area contributed by atoms with Gasteiger partial charge in [-0.2, -0.15) is 0 Å². The molecular formula is C8H9BrN2O3. The van der Waals surface area contributed by atoms with E-state index in [9.17, 15) is 4.79 Å². The summed E-state index contributed by atoms with van der Waals surface area (Å²) >= 11 is 3.30. The van der Waals surface area contributed by atoms with Crippen molar-refractivity contribution in [2.24, 2.45) is 0 Å². The Morgan fingerprint density at radius 2 is 2.50 bits per heavy atom. The van der Waals surface area contributed by atoms with E-state index in [2.05, 4.69) is 20.9 Å². The summed E-state index contributed by atoms with van der Waals surface area (Å²) in [5, 5.41) is 8.67. The molecule has 1 aromatic heterocycles. The zero-order chi connectivity index (χ0) is 10.1. The molecule has 2 heterocycles. The first-order valence-electron chi connectivity index (χ1n) is 4.22. The molecule has 0 amide bonds. The predicted octanol–water partition coefficient (Wildman–Crippen LogP) is 0.803. The minimum absolute atomic E-state index is 0.0513. The van der Waals surface area contributed by atoms with Crippen LogP contribution in [-0.2, 0) is 29.1 Å². The van der Waals surface area contributed by atoms with Crippen LogP contribution in [0, 0.1) is 0 Å². The van der Waals surface area contributed by atoms with Gasteiger partial charge in [0.05, 0.1) is 31.0 Å². The molecule has 0 fully saturated rings. The third-order valence-corrected chi connectivity index (χ3v) is 2.73. The van der Waals surface area contributed by atoms with Crippen LogP contribution in [0.2, 0.25) is 0 Å². The van der Waals surface area contributed by atoms with Crippen molar-refractivity contribution in [3.8, 4) is 0 Å². The number of nitrogens with zero attached hydrogens (tertiary/aromatic N) is 2. The molecule has 0 aliphatic carbocycles. The fourth-order valence-corrected chi connectivity index (χ4v) is 2.11. The topological polar surface area (TPSA) is 64.3 Å². The van der Waals surface area contributed by atoms with E-state index in [-0.39, 0.29) is 6.42 Å². The number of carboxylic acids is 1. The second-order valence-corrected chi connectivity index (χ2v) is 3.76. The van der Waals surface area contributed by atoms with E-state index in [1.54, 1.807) is 0 Å². The molecule has 1 aliphatic rings. The number of halogens is 1. The number of carboxylic acid groups (broad SMARTS) is 1. The summed E-state index contributed by atoms with van der Waals surface area (Å²) in [6, 6.07) is 0. The van der Waals surface area contributed by atoms with Gasteiger partial charge in [-0.3, -0.25) is 4.79 Å². The monoisotopic (exact) mass is 260 g/mol. The van der Waals surface area contributed by atoms with E-state index in [0.29, 0.717) is 23.6 Å². The van der Waals surface area contributed by atoms with Crippen molar-refractivity contribution in [2.45, 2.75) is 19.6 Å². The van der Waals surface area contributed by atoms with Crippen LogP contribution in [0.4, 0.5) is 0 Å². The minimum Gasteiger partial charge on any atom is -0.481 e. The summed E-state index contributed by atoms with van der Waals surface area (Å²) in [4.78, 5) is 14.7. The summed E-state index contributed by atoms with van der Waals surface area (Å²) in [6.45, 7) is 1.82. The Balaban J connectivity index is 2.36. The molecule has 0 aromatic carbocycles. The van der Waals surface area contributed by atoms with Gasteiger partial charge in [-0.25, -0.2) is 4.98 Å². The first-order chi connectivity index (χ1) is 6.68. The number of aliphatic carboxylic acids is 1. The Morgan fingerprint density at radius 1 is 1.71 bits per heavy atom. The Bertz CT molecular complexity index is 375. The average molecular weight is 261 g/mol.